The number of anilines is 4. The third-order valence-electron chi connectivity index (χ3n) is 5.98. The third-order valence-corrected chi connectivity index (χ3v) is 6.25. The lowest BCUT2D eigenvalue weighted by atomic mass is 10.1. The Kier molecular flexibility index (Phi) is 6.73. The van der Waals surface area contributed by atoms with E-state index in [-0.39, 0.29) is 6.04 Å². The molecule has 3 aromatic heterocycles. The van der Waals surface area contributed by atoms with Crippen molar-refractivity contribution in [2.24, 2.45) is 0 Å². The predicted molar refractivity (Wildman–Crippen MR) is 140 cm³/mol. The molecule has 3 N–H and O–H groups in total. The zero-order chi connectivity index (χ0) is 26.0. The Morgan fingerprint density at radius 2 is 1.97 bits per heavy atom. The van der Waals surface area contributed by atoms with Gasteiger partial charge in [-0.25, -0.2) is 9.67 Å². The fourth-order valence-corrected chi connectivity index (χ4v) is 4.34. The lowest BCUT2D eigenvalue weighted by molar-refractivity contribution is 0.0585. The highest BCUT2D eigenvalue weighted by Gasteiger charge is 2.22. The van der Waals surface area contributed by atoms with Crippen LogP contribution in [0.5, 0.6) is 0 Å². The van der Waals surface area contributed by atoms with Crippen LogP contribution in [0, 0.1) is 11.3 Å². The van der Waals surface area contributed by atoms with Crippen LogP contribution in [0.4, 0.5) is 23.3 Å². The molecule has 0 unspecified atom stereocenters. The van der Waals surface area contributed by atoms with E-state index in [9.17, 15) is 5.11 Å². The molecule has 13 heteroatoms. The summed E-state index contributed by atoms with van der Waals surface area (Å²) >= 11 is 6.39. The number of nitriles is 1. The first kappa shape index (κ1) is 24.6. The van der Waals surface area contributed by atoms with E-state index in [0.29, 0.717) is 34.5 Å². The van der Waals surface area contributed by atoms with Crippen molar-refractivity contribution in [3.8, 4) is 6.07 Å². The summed E-state index contributed by atoms with van der Waals surface area (Å²) in [4.78, 5) is 11.0. The van der Waals surface area contributed by atoms with E-state index < -0.39 is 5.60 Å². The van der Waals surface area contributed by atoms with Crippen LogP contribution in [-0.4, -0.2) is 65.0 Å². The highest BCUT2D eigenvalue weighted by Crippen LogP contribution is 2.26. The number of fused-ring (bicyclic) bond motifs is 1. The van der Waals surface area contributed by atoms with E-state index in [1.165, 1.54) is 0 Å². The molecule has 1 saturated heterocycles. The van der Waals surface area contributed by atoms with E-state index in [1.807, 2.05) is 30.3 Å². The zero-order valence-electron chi connectivity index (χ0n) is 20.4. The van der Waals surface area contributed by atoms with Crippen molar-refractivity contribution >= 4 is 45.9 Å². The smallest absolute Gasteiger partial charge is 0.229 e. The molecule has 190 valence electrons. The van der Waals surface area contributed by atoms with Crippen LogP contribution in [-0.2, 0) is 6.54 Å². The maximum absolute atomic E-state index is 10.1. The molecule has 0 atom stereocenters. The normalized spacial score (nSPS) is 14.5. The number of piperidine rings is 1. The summed E-state index contributed by atoms with van der Waals surface area (Å²) in [6.45, 7) is 5.38. The average Bonchev–Trinajstić information content (AvgIpc) is 3.27. The molecule has 12 nitrogen and oxygen atoms in total. The number of benzene rings is 1. The summed E-state index contributed by atoms with van der Waals surface area (Å²) in [7, 11) is 0. The minimum absolute atomic E-state index is 0.185. The molecule has 1 aromatic carbocycles. The first-order chi connectivity index (χ1) is 17.8. The van der Waals surface area contributed by atoms with E-state index in [2.05, 4.69) is 46.0 Å². The fraction of sp³-hybridized carbons (Fsp3) is 0.375. The van der Waals surface area contributed by atoms with Gasteiger partial charge in [-0.3, -0.25) is 0 Å². The van der Waals surface area contributed by atoms with Crippen molar-refractivity contribution in [3.63, 3.8) is 0 Å². The average molecular weight is 520 g/mol. The van der Waals surface area contributed by atoms with Gasteiger partial charge in [0.2, 0.25) is 5.95 Å². The van der Waals surface area contributed by atoms with Crippen LogP contribution in [0.1, 0.15) is 32.4 Å². The van der Waals surface area contributed by atoms with Gasteiger partial charge in [0.15, 0.2) is 17.3 Å². The highest BCUT2D eigenvalue weighted by atomic mass is 35.5. The fourth-order valence-electron chi connectivity index (χ4n) is 4.19. The second-order valence-electron chi connectivity index (χ2n) is 9.57. The largest absolute Gasteiger partial charge is 0.389 e. The number of aromatic nitrogens is 7. The second-order valence-corrected chi connectivity index (χ2v) is 9.98. The first-order valence-corrected chi connectivity index (χ1v) is 12.3. The maximum Gasteiger partial charge on any atom is 0.229 e. The van der Waals surface area contributed by atoms with Gasteiger partial charge in [-0.15, -0.1) is 15.3 Å². The Morgan fingerprint density at radius 1 is 1.16 bits per heavy atom. The lowest BCUT2D eigenvalue weighted by Crippen LogP contribution is -2.39. The van der Waals surface area contributed by atoms with Crippen molar-refractivity contribution in [1.29, 1.82) is 5.26 Å². The van der Waals surface area contributed by atoms with Crippen molar-refractivity contribution in [2.75, 3.05) is 28.6 Å². The van der Waals surface area contributed by atoms with Crippen LogP contribution in [0.2, 0.25) is 5.02 Å². The number of aliphatic hydroxyl groups is 1. The van der Waals surface area contributed by atoms with Gasteiger partial charge < -0.3 is 20.6 Å². The lowest BCUT2D eigenvalue weighted by Gasteiger charge is -2.33. The monoisotopic (exact) mass is 519 g/mol. The molecular formula is C24H26ClN11O. The van der Waals surface area contributed by atoms with E-state index >= 15 is 0 Å². The van der Waals surface area contributed by atoms with Crippen molar-refractivity contribution in [2.45, 2.75) is 44.9 Å². The first-order valence-electron chi connectivity index (χ1n) is 11.9. The molecule has 0 spiro atoms. The Bertz CT molecular complexity index is 1430. The summed E-state index contributed by atoms with van der Waals surface area (Å²) in [6.07, 6.45) is 3.29. The molecule has 0 bridgehead atoms. The molecule has 1 aliphatic heterocycles. The minimum atomic E-state index is -0.896. The highest BCUT2D eigenvalue weighted by molar-refractivity contribution is 6.32. The van der Waals surface area contributed by atoms with Gasteiger partial charge in [0.1, 0.15) is 16.6 Å². The Balaban J connectivity index is 1.23. The summed E-state index contributed by atoms with van der Waals surface area (Å²) in [5.74, 6) is 1.73. The number of halogens is 1. The van der Waals surface area contributed by atoms with Crippen molar-refractivity contribution < 1.29 is 5.11 Å². The van der Waals surface area contributed by atoms with Crippen LogP contribution >= 0.6 is 11.6 Å². The number of nitrogens with one attached hydrogen (secondary N) is 2. The molecule has 0 radical (unpaired) electrons. The molecule has 0 saturated carbocycles. The Morgan fingerprint density at radius 3 is 2.68 bits per heavy atom. The summed E-state index contributed by atoms with van der Waals surface area (Å²) < 4.78 is 1.68. The Labute approximate surface area is 218 Å². The molecule has 4 aromatic rings. The molecule has 37 heavy (non-hydrogen) atoms. The summed E-state index contributed by atoms with van der Waals surface area (Å²) in [6, 6.07) is 11.3. The molecular weight excluding hydrogens is 494 g/mol. The van der Waals surface area contributed by atoms with Crippen LogP contribution < -0.4 is 15.5 Å². The van der Waals surface area contributed by atoms with Gasteiger partial charge >= 0.3 is 0 Å². The van der Waals surface area contributed by atoms with Gasteiger partial charge in [0.25, 0.3) is 0 Å². The summed E-state index contributed by atoms with van der Waals surface area (Å²) in [5.41, 5.74) is 1.69. The zero-order valence-corrected chi connectivity index (χ0v) is 21.2. The predicted octanol–water partition coefficient (Wildman–Crippen LogP) is 3.13. The van der Waals surface area contributed by atoms with Gasteiger partial charge in [-0.2, -0.15) is 10.2 Å². The minimum Gasteiger partial charge on any atom is -0.389 e. The molecule has 5 rings (SSSR count). The molecule has 0 aliphatic carbocycles. The van der Waals surface area contributed by atoms with Gasteiger partial charge in [0, 0.05) is 24.8 Å². The number of hydrogen-bond acceptors (Lipinski definition) is 11. The second kappa shape index (κ2) is 10.1. The Hall–Kier alpha value is -4.08. The third kappa shape index (κ3) is 5.84. The molecule has 0 amide bonds. The molecule has 4 heterocycles. The summed E-state index contributed by atoms with van der Waals surface area (Å²) in [5, 5.41) is 42.5. The molecule has 1 aliphatic rings. The number of nitrogens with zero attached hydrogens (tertiary/aromatic N) is 9. The number of rotatable bonds is 7. The van der Waals surface area contributed by atoms with Crippen molar-refractivity contribution in [1.82, 2.24) is 35.2 Å². The van der Waals surface area contributed by atoms with Crippen LogP contribution in [0.25, 0.3) is 11.0 Å². The topological polar surface area (TPSA) is 154 Å². The van der Waals surface area contributed by atoms with Crippen LogP contribution in [0.3, 0.4) is 0 Å². The van der Waals surface area contributed by atoms with Gasteiger partial charge in [-0.05, 0) is 57.0 Å². The van der Waals surface area contributed by atoms with Crippen molar-refractivity contribution in [3.05, 3.63) is 47.2 Å². The SMILES string of the molecule is CC(C)(O)Cn1nnc2cc(Nc3ncc(Cl)c(NC4CCN(c5ccc(C#N)nn5)CC4)n3)ccc21. The van der Waals surface area contributed by atoms with Gasteiger partial charge in [0.05, 0.1) is 23.9 Å². The quantitative estimate of drug-likeness (QED) is 0.330. The number of hydrogen-bond donors (Lipinski definition) is 3. The van der Waals surface area contributed by atoms with Gasteiger partial charge in [-0.1, -0.05) is 16.8 Å². The standard InChI is InChI=1S/C24H26ClN11O/c1-24(2,37)14-36-20-5-3-16(11-19(20)32-34-36)29-23-27-13-18(25)22(30-23)28-15-7-9-35(10-8-15)21-6-4-17(12-26)31-33-21/h3-6,11,13,15,37H,7-10,14H2,1-2H3,(H2,27,28,29,30). The van der Waals surface area contributed by atoms with E-state index in [1.54, 1.807) is 30.8 Å². The maximum atomic E-state index is 10.1. The molecule has 1 fully saturated rings. The van der Waals surface area contributed by atoms with E-state index in [0.717, 1.165) is 43.0 Å². The van der Waals surface area contributed by atoms with E-state index in [4.69, 9.17) is 16.9 Å². The van der Waals surface area contributed by atoms with Crippen LogP contribution in [0.15, 0.2) is 36.5 Å².